The first-order chi connectivity index (χ1) is 27.4. The Labute approximate surface area is 327 Å². The molecule has 0 spiro atoms. The second kappa shape index (κ2) is 20.4. The van der Waals surface area contributed by atoms with E-state index >= 15 is 0 Å². The number of ether oxygens (including phenoxy) is 9. The Morgan fingerprint density at radius 3 is 1.36 bits per heavy atom. The average molecular weight is 859 g/mol. The van der Waals surface area contributed by atoms with Gasteiger partial charge in [0.25, 0.3) is 0 Å². The van der Waals surface area contributed by atoms with Gasteiger partial charge in [0.2, 0.25) is 0 Å². The lowest BCUT2D eigenvalue weighted by molar-refractivity contribution is -0.391. The summed E-state index contributed by atoms with van der Waals surface area (Å²) in [6.07, 6.45) is -49.1. The van der Waals surface area contributed by atoms with Crippen LogP contribution in [0.25, 0.3) is 0 Å². The fourth-order valence-corrected chi connectivity index (χ4v) is 7.02. The molecule has 5 aliphatic heterocycles. The minimum absolute atomic E-state index is 0.767. The Kier molecular flexibility index (Phi) is 16.9. The van der Waals surface area contributed by atoms with Crippen molar-refractivity contribution >= 4 is 0 Å². The monoisotopic (exact) mass is 858 g/mol. The van der Waals surface area contributed by atoms with Crippen LogP contribution in [0.2, 0.25) is 0 Å². The van der Waals surface area contributed by atoms with Gasteiger partial charge in [-0.3, -0.25) is 0 Å². The highest BCUT2D eigenvalue weighted by atomic mass is 16.8. The number of rotatable bonds is 14. The van der Waals surface area contributed by atoms with Crippen molar-refractivity contribution in [3.05, 3.63) is 0 Å². The molecule has 5 aliphatic rings. The molecule has 5 rings (SSSR count). The van der Waals surface area contributed by atoms with Gasteiger partial charge in [-0.1, -0.05) is 0 Å². The predicted octanol–water partition coefficient (Wildman–Crippen LogP) is -12.6. The second-order valence-electron chi connectivity index (χ2n) is 14.5. The van der Waals surface area contributed by atoms with Gasteiger partial charge in [-0.15, -0.1) is 0 Å². The van der Waals surface area contributed by atoms with E-state index in [2.05, 4.69) is 0 Å². The van der Waals surface area contributed by atoms with Crippen LogP contribution in [0.1, 0.15) is 0 Å². The van der Waals surface area contributed by atoms with Gasteiger partial charge in [0.15, 0.2) is 31.5 Å². The van der Waals surface area contributed by atoms with Gasteiger partial charge in [-0.2, -0.15) is 0 Å². The van der Waals surface area contributed by atoms with Crippen molar-refractivity contribution in [2.45, 2.75) is 160 Å². The Morgan fingerprint density at radius 1 is 0.379 bits per heavy atom. The zero-order chi connectivity index (χ0) is 42.9. The van der Waals surface area contributed by atoms with Crippen molar-refractivity contribution in [3.63, 3.8) is 0 Å². The standard InChI is InChI=1S/C31H54O27/c32-1-6(35)24-19(44)17(42)21(46)29(56-24)51-4-9-13(38)16(41)22(47)30(55-9)58-26-18(43)12(37)8(3-34)54-31(26)57-25-14(39)10(52-27(49)23(25)48)5-50-28-20(45)15(40)11(36)7(2-33)53-28/h6-49H,1-5H2/t6-,7+,8+,9+,10+,11-,12+,13+,14+,15-,16-,17-,18-,19-,20+,21-,22+,23+,24+,25-,26+,27-,28-,29-,30+,31+/m0/s1. The number of hydrogen-bond acceptors (Lipinski definition) is 27. The summed E-state index contributed by atoms with van der Waals surface area (Å²) in [7, 11) is 0. The SMILES string of the molecule is OC[C@H](O)[C@H]1O[C@H](OC[C@H]2O[C@H](O[C@H]3[C@@H](O[C@@H]4[C@@H](O)[C@@H](O)O[C@H](CO[C@H]5O[C@H](CO)[C@H](O)[C@H](O)[C@H]5O)[C@H]4O)O[C@H](CO)[C@@H](O)[C@@H]3O)[C@H](O)[C@@H](O)[C@@H]2O)[C@@H](O)[C@@H](O)[C@@H]1O. The van der Waals surface area contributed by atoms with E-state index < -0.39 is 193 Å². The van der Waals surface area contributed by atoms with Crippen molar-refractivity contribution < 1.29 is 135 Å². The molecule has 0 aromatic rings. The molecule has 0 amide bonds. The topological polar surface area (TPSA) is 447 Å². The zero-order valence-electron chi connectivity index (χ0n) is 30.3. The van der Waals surface area contributed by atoms with Crippen LogP contribution in [0.3, 0.4) is 0 Å². The number of hydrogen-bond donors (Lipinski definition) is 18. The molecule has 5 saturated heterocycles. The van der Waals surface area contributed by atoms with Crippen LogP contribution < -0.4 is 0 Å². The van der Waals surface area contributed by atoms with Gasteiger partial charge >= 0.3 is 0 Å². The van der Waals surface area contributed by atoms with Crippen LogP contribution in [0.5, 0.6) is 0 Å². The summed E-state index contributed by atoms with van der Waals surface area (Å²) in [5, 5.41) is 186. The van der Waals surface area contributed by atoms with Crippen LogP contribution in [-0.2, 0) is 42.6 Å². The Balaban J connectivity index is 1.29. The molecular weight excluding hydrogens is 804 g/mol. The van der Waals surface area contributed by atoms with Crippen molar-refractivity contribution in [2.75, 3.05) is 33.0 Å². The predicted molar refractivity (Wildman–Crippen MR) is 173 cm³/mol. The van der Waals surface area contributed by atoms with Gasteiger partial charge in [0.1, 0.15) is 128 Å². The molecular formula is C31H54O27. The summed E-state index contributed by atoms with van der Waals surface area (Å²) in [6.45, 7) is -4.27. The maximum absolute atomic E-state index is 11.2. The molecule has 0 aromatic heterocycles. The highest BCUT2D eigenvalue weighted by molar-refractivity contribution is 4.98. The molecule has 0 aliphatic carbocycles. The lowest BCUT2D eigenvalue weighted by Crippen LogP contribution is -2.67. The molecule has 27 heteroatoms. The summed E-state index contributed by atoms with van der Waals surface area (Å²) in [5.41, 5.74) is 0. The Bertz CT molecular complexity index is 1260. The largest absolute Gasteiger partial charge is 0.394 e. The molecule has 26 atom stereocenters. The summed E-state index contributed by atoms with van der Waals surface area (Å²) in [6, 6.07) is 0. The summed E-state index contributed by atoms with van der Waals surface area (Å²) in [4.78, 5) is 0. The highest BCUT2D eigenvalue weighted by Gasteiger charge is 2.55. The maximum Gasteiger partial charge on any atom is 0.187 e. The van der Waals surface area contributed by atoms with Crippen molar-refractivity contribution in [1.29, 1.82) is 0 Å². The van der Waals surface area contributed by atoms with Crippen LogP contribution in [0, 0.1) is 0 Å². The van der Waals surface area contributed by atoms with E-state index in [1.54, 1.807) is 0 Å². The Morgan fingerprint density at radius 2 is 0.810 bits per heavy atom. The van der Waals surface area contributed by atoms with Crippen molar-refractivity contribution in [3.8, 4) is 0 Å². The van der Waals surface area contributed by atoms with Crippen LogP contribution in [0.15, 0.2) is 0 Å². The lowest BCUT2D eigenvalue weighted by atomic mass is 9.95. The first-order valence-electron chi connectivity index (χ1n) is 18.2. The first-order valence-corrected chi connectivity index (χ1v) is 18.2. The van der Waals surface area contributed by atoms with E-state index in [9.17, 15) is 91.9 Å². The van der Waals surface area contributed by atoms with Gasteiger partial charge in [-0.25, -0.2) is 0 Å². The van der Waals surface area contributed by atoms with Gasteiger partial charge in [0, 0.05) is 0 Å². The second-order valence-corrected chi connectivity index (χ2v) is 14.5. The van der Waals surface area contributed by atoms with E-state index in [0.29, 0.717) is 0 Å². The molecule has 0 bridgehead atoms. The molecule has 18 N–H and O–H groups in total. The first kappa shape index (κ1) is 48.0. The molecule has 5 fully saturated rings. The molecule has 340 valence electrons. The fourth-order valence-electron chi connectivity index (χ4n) is 7.02. The zero-order valence-corrected chi connectivity index (χ0v) is 30.3. The molecule has 5 heterocycles. The summed E-state index contributed by atoms with van der Waals surface area (Å²) in [5.74, 6) is 0. The molecule has 0 saturated carbocycles. The summed E-state index contributed by atoms with van der Waals surface area (Å²) >= 11 is 0. The maximum atomic E-state index is 11.2. The van der Waals surface area contributed by atoms with E-state index in [1.165, 1.54) is 0 Å². The van der Waals surface area contributed by atoms with Crippen LogP contribution in [0.4, 0.5) is 0 Å². The van der Waals surface area contributed by atoms with Gasteiger partial charge in [0.05, 0.1) is 33.0 Å². The molecule has 0 radical (unpaired) electrons. The van der Waals surface area contributed by atoms with Gasteiger partial charge in [-0.05, 0) is 0 Å². The minimum Gasteiger partial charge on any atom is -0.394 e. The molecule has 58 heavy (non-hydrogen) atoms. The Hall–Kier alpha value is -1.08. The number of aliphatic hydroxyl groups is 18. The number of aliphatic hydroxyl groups excluding tert-OH is 18. The third kappa shape index (κ3) is 9.91. The third-order valence-electron chi connectivity index (χ3n) is 10.6. The van der Waals surface area contributed by atoms with Crippen molar-refractivity contribution in [2.24, 2.45) is 0 Å². The average Bonchev–Trinajstić information content (AvgIpc) is 3.21. The van der Waals surface area contributed by atoms with Crippen LogP contribution >= 0.6 is 0 Å². The minimum atomic E-state index is -2.14. The smallest absolute Gasteiger partial charge is 0.187 e. The summed E-state index contributed by atoms with van der Waals surface area (Å²) < 4.78 is 49.1. The van der Waals surface area contributed by atoms with Crippen molar-refractivity contribution in [1.82, 2.24) is 0 Å². The lowest BCUT2D eigenvalue weighted by Gasteiger charge is -2.48. The van der Waals surface area contributed by atoms with E-state index in [1.807, 2.05) is 0 Å². The molecule has 0 aromatic carbocycles. The van der Waals surface area contributed by atoms with E-state index in [4.69, 9.17) is 42.6 Å². The van der Waals surface area contributed by atoms with Gasteiger partial charge < -0.3 is 135 Å². The van der Waals surface area contributed by atoms with E-state index in [-0.39, 0.29) is 0 Å². The van der Waals surface area contributed by atoms with E-state index in [0.717, 1.165) is 0 Å². The van der Waals surface area contributed by atoms with Crippen LogP contribution in [-0.4, -0.2) is 285 Å². The molecule has 27 nitrogen and oxygen atoms in total. The normalized spacial score (nSPS) is 52.3. The fraction of sp³-hybridized carbons (Fsp3) is 1.00. The highest BCUT2D eigenvalue weighted by Crippen LogP contribution is 2.34. The quantitative estimate of drug-likeness (QED) is 0.0771. The molecule has 0 unspecified atom stereocenters. The third-order valence-corrected chi connectivity index (χ3v) is 10.6.